The monoisotopic (exact) mass is 502 g/mol. The predicted octanol–water partition coefficient (Wildman–Crippen LogP) is 5.19. The van der Waals surface area contributed by atoms with Gasteiger partial charge >= 0.3 is 0 Å². The molecule has 0 fully saturated rings. The van der Waals surface area contributed by atoms with Gasteiger partial charge in [0.05, 0.1) is 23.0 Å². The largest absolute Gasteiger partial charge is 0.272 e. The molecular formula is C27H26N4O2S2. The van der Waals surface area contributed by atoms with Crippen LogP contribution in [0.5, 0.6) is 0 Å². The highest BCUT2D eigenvalue weighted by molar-refractivity contribution is 7.99. The molecule has 8 heteroatoms. The number of hydrogen-bond donors (Lipinski definition) is 1. The fourth-order valence-corrected chi connectivity index (χ4v) is 6.31. The minimum absolute atomic E-state index is 0.0569. The van der Waals surface area contributed by atoms with Gasteiger partial charge in [-0.15, -0.1) is 11.3 Å². The minimum atomic E-state index is -0.256. The van der Waals surface area contributed by atoms with Crippen molar-refractivity contribution < 1.29 is 4.79 Å². The molecule has 2 aromatic heterocycles. The van der Waals surface area contributed by atoms with E-state index >= 15 is 0 Å². The van der Waals surface area contributed by atoms with E-state index in [2.05, 4.69) is 10.5 Å². The number of fused-ring (bicyclic) bond motifs is 3. The first kappa shape index (κ1) is 23.5. The molecule has 0 saturated heterocycles. The molecule has 0 atom stereocenters. The third-order valence-corrected chi connectivity index (χ3v) is 8.19. The maximum absolute atomic E-state index is 13.8. The van der Waals surface area contributed by atoms with E-state index in [1.807, 2.05) is 62.4 Å². The van der Waals surface area contributed by atoms with Gasteiger partial charge in [-0.05, 0) is 62.8 Å². The zero-order chi connectivity index (χ0) is 24.4. The summed E-state index contributed by atoms with van der Waals surface area (Å²) in [6.07, 6.45) is 5.79. The number of hydrazone groups is 1. The van der Waals surface area contributed by atoms with Gasteiger partial charge in [-0.2, -0.15) is 5.10 Å². The molecule has 2 aromatic carbocycles. The Kier molecular flexibility index (Phi) is 6.83. The van der Waals surface area contributed by atoms with Gasteiger partial charge in [0.25, 0.3) is 11.5 Å². The predicted molar refractivity (Wildman–Crippen MR) is 144 cm³/mol. The third kappa shape index (κ3) is 5.09. The van der Waals surface area contributed by atoms with Crippen molar-refractivity contribution >= 4 is 45.4 Å². The van der Waals surface area contributed by atoms with Crippen LogP contribution in [0, 0.1) is 13.8 Å². The van der Waals surface area contributed by atoms with Crippen molar-refractivity contribution in [2.24, 2.45) is 5.10 Å². The van der Waals surface area contributed by atoms with Gasteiger partial charge in [0.2, 0.25) is 0 Å². The van der Waals surface area contributed by atoms with Crippen molar-refractivity contribution in [1.29, 1.82) is 0 Å². The Morgan fingerprint density at radius 3 is 2.51 bits per heavy atom. The lowest BCUT2D eigenvalue weighted by atomic mass is 9.97. The lowest BCUT2D eigenvalue weighted by molar-refractivity contribution is -0.118. The van der Waals surface area contributed by atoms with Gasteiger partial charge in [-0.25, -0.2) is 10.4 Å². The molecule has 0 radical (unpaired) electrons. The van der Waals surface area contributed by atoms with Gasteiger partial charge in [-0.3, -0.25) is 14.2 Å². The van der Waals surface area contributed by atoms with Crippen LogP contribution in [0.25, 0.3) is 15.9 Å². The molecule has 4 aromatic rings. The Labute approximate surface area is 212 Å². The van der Waals surface area contributed by atoms with Crippen molar-refractivity contribution in [3.05, 3.63) is 86.0 Å². The minimum Gasteiger partial charge on any atom is -0.272 e. The number of thiophene rings is 1. The summed E-state index contributed by atoms with van der Waals surface area (Å²) in [6, 6.07) is 15.7. The highest BCUT2D eigenvalue weighted by Crippen LogP contribution is 2.35. The average Bonchev–Trinajstić information content (AvgIpc) is 3.23. The first-order valence-electron chi connectivity index (χ1n) is 11.7. The highest BCUT2D eigenvalue weighted by Gasteiger charge is 2.23. The number of nitrogens with zero attached hydrogens (tertiary/aromatic N) is 3. The van der Waals surface area contributed by atoms with Gasteiger partial charge in [-0.1, -0.05) is 59.3 Å². The van der Waals surface area contributed by atoms with Crippen LogP contribution in [0.4, 0.5) is 0 Å². The number of carbonyl (C=O) groups is 1. The van der Waals surface area contributed by atoms with Crippen molar-refractivity contribution in [3.63, 3.8) is 0 Å². The van der Waals surface area contributed by atoms with Crippen LogP contribution in [0.3, 0.4) is 0 Å². The Hall–Kier alpha value is -3.23. The number of rotatable bonds is 6. The summed E-state index contributed by atoms with van der Waals surface area (Å²) < 4.78 is 1.65. The topological polar surface area (TPSA) is 76.3 Å². The quantitative estimate of drug-likeness (QED) is 0.170. The molecule has 0 aliphatic heterocycles. The lowest BCUT2D eigenvalue weighted by Crippen LogP contribution is -2.24. The summed E-state index contributed by atoms with van der Waals surface area (Å²) in [7, 11) is 0. The summed E-state index contributed by atoms with van der Waals surface area (Å²) in [5.41, 5.74) is 7.62. The van der Waals surface area contributed by atoms with Crippen molar-refractivity contribution in [1.82, 2.24) is 15.0 Å². The van der Waals surface area contributed by atoms with E-state index in [0.29, 0.717) is 5.16 Å². The molecule has 1 aliphatic carbocycles. The first-order valence-corrected chi connectivity index (χ1v) is 13.5. The van der Waals surface area contributed by atoms with Crippen LogP contribution in [0.15, 0.2) is 63.6 Å². The molecule has 2 heterocycles. The van der Waals surface area contributed by atoms with Gasteiger partial charge in [0.1, 0.15) is 4.83 Å². The Bertz CT molecular complexity index is 1470. The third-order valence-electron chi connectivity index (χ3n) is 6.06. The average molecular weight is 503 g/mol. The molecule has 1 amide bonds. The molecule has 1 aliphatic rings. The number of nitrogens with one attached hydrogen (secondary N) is 1. The van der Waals surface area contributed by atoms with Crippen LogP contribution in [-0.2, 0) is 17.6 Å². The summed E-state index contributed by atoms with van der Waals surface area (Å²) in [4.78, 5) is 33.2. The summed E-state index contributed by atoms with van der Waals surface area (Å²) in [6.45, 7) is 4.04. The van der Waals surface area contributed by atoms with Crippen LogP contribution in [-0.4, -0.2) is 27.4 Å². The number of hydrogen-bond acceptors (Lipinski definition) is 6. The van der Waals surface area contributed by atoms with Crippen molar-refractivity contribution in [2.75, 3.05) is 5.75 Å². The summed E-state index contributed by atoms with van der Waals surface area (Å²) >= 11 is 2.87. The zero-order valence-corrected chi connectivity index (χ0v) is 21.3. The fraction of sp³-hybridized carbons (Fsp3) is 0.259. The van der Waals surface area contributed by atoms with Gasteiger partial charge in [0, 0.05) is 4.88 Å². The second-order valence-electron chi connectivity index (χ2n) is 8.75. The summed E-state index contributed by atoms with van der Waals surface area (Å²) in [5.74, 6) is -0.159. The molecule has 0 unspecified atom stereocenters. The molecule has 178 valence electrons. The van der Waals surface area contributed by atoms with E-state index < -0.39 is 0 Å². The molecule has 5 rings (SSSR count). The second kappa shape index (κ2) is 10.2. The molecule has 0 bridgehead atoms. The normalized spacial score (nSPS) is 13.3. The van der Waals surface area contributed by atoms with Crippen LogP contribution in [0.2, 0.25) is 0 Å². The Morgan fingerprint density at radius 2 is 1.77 bits per heavy atom. The molecule has 6 nitrogen and oxygen atoms in total. The van der Waals surface area contributed by atoms with E-state index in [9.17, 15) is 9.59 Å². The SMILES string of the molecule is Cc1ccc(C=NNC(=O)CSc2nc3sc4c(c3c(=O)n2-c2ccc(C)cc2)CCCC4)cc1. The number of aromatic nitrogens is 2. The Morgan fingerprint density at radius 1 is 1.09 bits per heavy atom. The van der Waals surface area contributed by atoms with Crippen LogP contribution >= 0.6 is 23.1 Å². The molecule has 0 saturated carbocycles. The number of amides is 1. The van der Waals surface area contributed by atoms with Crippen molar-refractivity contribution in [2.45, 2.75) is 44.7 Å². The zero-order valence-electron chi connectivity index (χ0n) is 19.7. The van der Waals surface area contributed by atoms with E-state index in [-0.39, 0.29) is 17.2 Å². The second-order valence-corrected chi connectivity index (χ2v) is 10.8. The summed E-state index contributed by atoms with van der Waals surface area (Å²) in [5, 5.41) is 5.31. The van der Waals surface area contributed by atoms with E-state index in [4.69, 9.17) is 4.98 Å². The first-order chi connectivity index (χ1) is 17.0. The maximum Gasteiger partial charge on any atom is 0.267 e. The Balaban J connectivity index is 1.42. The number of benzene rings is 2. The number of thioether (sulfide) groups is 1. The molecule has 0 spiro atoms. The van der Waals surface area contributed by atoms with Crippen LogP contribution < -0.4 is 11.0 Å². The van der Waals surface area contributed by atoms with Gasteiger partial charge in [0.15, 0.2) is 5.16 Å². The number of aryl methyl sites for hydroxylation is 4. The number of carbonyl (C=O) groups excluding carboxylic acids is 1. The highest BCUT2D eigenvalue weighted by atomic mass is 32.2. The lowest BCUT2D eigenvalue weighted by Gasteiger charge is -2.13. The van der Waals surface area contributed by atoms with E-state index in [1.54, 1.807) is 22.1 Å². The molecule has 1 N–H and O–H groups in total. The van der Waals surface area contributed by atoms with Crippen LogP contribution in [0.1, 0.15) is 40.0 Å². The van der Waals surface area contributed by atoms with Gasteiger partial charge < -0.3 is 0 Å². The molecular weight excluding hydrogens is 476 g/mol. The smallest absolute Gasteiger partial charge is 0.267 e. The van der Waals surface area contributed by atoms with Crippen molar-refractivity contribution in [3.8, 4) is 5.69 Å². The standard InChI is InChI=1S/C27H26N4O2S2/c1-17-7-11-19(12-8-17)15-28-30-23(32)16-34-27-29-25-24(21-5-3-4-6-22(21)35-25)26(33)31(27)20-13-9-18(2)10-14-20/h7-15H,3-6,16H2,1-2H3,(H,30,32). The van der Waals surface area contributed by atoms with E-state index in [1.165, 1.54) is 22.2 Å². The maximum atomic E-state index is 13.8. The molecule has 35 heavy (non-hydrogen) atoms. The fourth-order valence-electron chi connectivity index (χ4n) is 4.20. The van der Waals surface area contributed by atoms with E-state index in [0.717, 1.165) is 58.3 Å².